The molecule has 3 aromatic carbocycles. The van der Waals surface area contributed by atoms with Gasteiger partial charge in [-0.3, -0.25) is 4.79 Å². The third kappa shape index (κ3) is 5.76. The Bertz CT molecular complexity index is 1020. The molecule has 0 fully saturated rings. The normalized spacial score (nSPS) is 10.4. The SMILES string of the molecule is COc1cc(CNc2ccc(NC(C)=O)cc2)c(Br)cc1OCc1ccccc1C. The number of ether oxygens (including phenoxy) is 2. The van der Waals surface area contributed by atoms with Crippen molar-refractivity contribution in [1.29, 1.82) is 0 Å². The smallest absolute Gasteiger partial charge is 0.221 e. The van der Waals surface area contributed by atoms with Gasteiger partial charge < -0.3 is 20.1 Å². The standard InChI is InChI=1S/C24H25BrN2O3/c1-16-6-4-5-7-18(16)15-30-24-13-22(25)19(12-23(24)29-3)14-26-20-8-10-21(11-9-20)27-17(2)28/h4-13,26H,14-15H2,1-3H3,(H,27,28). The predicted molar refractivity (Wildman–Crippen MR) is 124 cm³/mol. The Morgan fingerprint density at radius 2 is 1.67 bits per heavy atom. The minimum atomic E-state index is -0.0866. The average Bonchev–Trinajstić information content (AvgIpc) is 2.73. The van der Waals surface area contributed by atoms with Crippen molar-refractivity contribution in [2.75, 3.05) is 17.7 Å². The zero-order valence-corrected chi connectivity index (χ0v) is 18.9. The summed E-state index contributed by atoms with van der Waals surface area (Å²) in [6.45, 7) is 4.65. The molecule has 6 heteroatoms. The van der Waals surface area contributed by atoms with E-state index in [0.717, 1.165) is 27.0 Å². The minimum Gasteiger partial charge on any atom is -0.493 e. The highest BCUT2D eigenvalue weighted by Gasteiger charge is 2.11. The second kappa shape index (κ2) is 10.2. The highest BCUT2D eigenvalue weighted by molar-refractivity contribution is 9.10. The number of methoxy groups -OCH3 is 1. The largest absolute Gasteiger partial charge is 0.493 e. The molecule has 156 valence electrons. The van der Waals surface area contributed by atoms with E-state index in [1.54, 1.807) is 7.11 Å². The first-order valence-electron chi connectivity index (χ1n) is 9.61. The maximum absolute atomic E-state index is 11.1. The van der Waals surface area contributed by atoms with Crippen molar-refractivity contribution in [3.05, 3.63) is 81.8 Å². The summed E-state index contributed by atoms with van der Waals surface area (Å²) >= 11 is 3.64. The molecule has 0 spiro atoms. The Morgan fingerprint density at radius 3 is 2.33 bits per heavy atom. The molecule has 0 saturated carbocycles. The molecule has 30 heavy (non-hydrogen) atoms. The van der Waals surface area contributed by atoms with Crippen molar-refractivity contribution in [3.8, 4) is 11.5 Å². The lowest BCUT2D eigenvalue weighted by atomic mass is 10.1. The summed E-state index contributed by atoms with van der Waals surface area (Å²) in [6.07, 6.45) is 0. The Balaban J connectivity index is 1.67. The molecular weight excluding hydrogens is 444 g/mol. The molecule has 0 aromatic heterocycles. The van der Waals surface area contributed by atoms with E-state index < -0.39 is 0 Å². The molecule has 3 aromatic rings. The molecule has 0 unspecified atom stereocenters. The highest BCUT2D eigenvalue weighted by Crippen LogP contribution is 2.34. The van der Waals surface area contributed by atoms with E-state index in [-0.39, 0.29) is 5.91 Å². The Kier molecular flexibility index (Phi) is 7.36. The monoisotopic (exact) mass is 468 g/mol. The number of nitrogens with one attached hydrogen (secondary N) is 2. The van der Waals surface area contributed by atoms with Gasteiger partial charge in [0, 0.05) is 29.3 Å². The van der Waals surface area contributed by atoms with Crippen LogP contribution in [0.1, 0.15) is 23.6 Å². The van der Waals surface area contributed by atoms with Gasteiger partial charge in [0.05, 0.1) is 7.11 Å². The number of hydrogen-bond donors (Lipinski definition) is 2. The van der Waals surface area contributed by atoms with Gasteiger partial charge in [-0.25, -0.2) is 0 Å². The minimum absolute atomic E-state index is 0.0866. The third-order valence-electron chi connectivity index (χ3n) is 4.67. The fourth-order valence-electron chi connectivity index (χ4n) is 2.98. The number of rotatable bonds is 8. The predicted octanol–water partition coefficient (Wildman–Crippen LogP) is 5.92. The van der Waals surface area contributed by atoms with E-state index in [0.29, 0.717) is 24.7 Å². The molecule has 0 aliphatic carbocycles. The summed E-state index contributed by atoms with van der Waals surface area (Å²) in [5, 5.41) is 6.14. The van der Waals surface area contributed by atoms with Gasteiger partial charge in [0.15, 0.2) is 11.5 Å². The number of carbonyl (C=O) groups excluding carboxylic acids is 1. The molecule has 3 rings (SSSR count). The number of benzene rings is 3. The number of halogens is 1. The van der Waals surface area contributed by atoms with E-state index >= 15 is 0 Å². The van der Waals surface area contributed by atoms with Crippen LogP contribution >= 0.6 is 15.9 Å². The molecule has 0 bridgehead atoms. The number of carbonyl (C=O) groups is 1. The molecule has 0 aliphatic rings. The molecule has 0 saturated heterocycles. The maximum Gasteiger partial charge on any atom is 0.221 e. The summed E-state index contributed by atoms with van der Waals surface area (Å²) in [6, 6.07) is 19.6. The Hall–Kier alpha value is -2.99. The quantitative estimate of drug-likeness (QED) is 0.430. The van der Waals surface area contributed by atoms with Gasteiger partial charge in [0.25, 0.3) is 0 Å². The fourth-order valence-corrected chi connectivity index (χ4v) is 3.45. The summed E-state index contributed by atoms with van der Waals surface area (Å²) in [4.78, 5) is 11.1. The Labute approximate surface area is 185 Å². The molecule has 0 aliphatic heterocycles. The molecule has 0 heterocycles. The zero-order chi connectivity index (χ0) is 21.5. The second-order valence-corrected chi connectivity index (χ2v) is 7.78. The molecule has 0 radical (unpaired) electrons. The molecule has 0 atom stereocenters. The van der Waals surface area contributed by atoms with E-state index in [1.807, 2.05) is 48.5 Å². The van der Waals surface area contributed by atoms with Crippen molar-refractivity contribution in [2.24, 2.45) is 0 Å². The summed E-state index contributed by atoms with van der Waals surface area (Å²) < 4.78 is 12.5. The van der Waals surface area contributed by atoms with Crippen LogP contribution in [-0.4, -0.2) is 13.0 Å². The fraction of sp³-hybridized carbons (Fsp3) is 0.208. The lowest BCUT2D eigenvalue weighted by molar-refractivity contribution is -0.114. The molecule has 1 amide bonds. The van der Waals surface area contributed by atoms with E-state index in [1.165, 1.54) is 12.5 Å². The number of anilines is 2. The maximum atomic E-state index is 11.1. The summed E-state index contributed by atoms with van der Waals surface area (Å²) in [5.74, 6) is 1.29. The van der Waals surface area contributed by atoms with Crippen molar-refractivity contribution in [1.82, 2.24) is 0 Å². The van der Waals surface area contributed by atoms with Gasteiger partial charge in [-0.15, -0.1) is 0 Å². The topological polar surface area (TPSA) is 59.6 Å². The lowest BCUT2D eigenvalue weighted by Crippen LogP contribution is -2.06. The van der Waals surface area contributed by atoms with Crippen LogP contribution < -0.4 is 20.1 Å². The van der Waals surface area contributed by atoms with Crippen LogP contribution in [0.3, 0.4) is 0 Å². The van der Waals surface area contributed by atoms with Crippen LogP contribution in [0.25, 0.3) is 0 Å². The molecule has 5 nitrogen and oxygen atoms in total. The Morgan fingerprint density at radius 1 is 0.967 bits per heavy atom. The van der Waals surface area contributed by atoms with Gasteiger partial charge >= 0.3 is 0 Å². The van der Waals surface area contributed by atoms with Crippen molar-refractivity contribution < 1.29 is 14.3 Å². The third-order valence-corrected chi connectivity index (χ3v) is 5.40. The van der Waals surface area contributed by atoms with Gasteiger partial charge in [-0.2, -0.15) is 0 Å². The molecule has 2 N–H and O–H groups in total. The van der Waals surface area contributed by atoms with Gasteiger partial charge in [0.1, 0.15) is 6.61 Å². The lowest BCUT2D eigenvalue weighted by Gasteiger charge is -2.15. The van der Waals surface area contributed by atoms with Crippen molar-refractivity contribution in [3.63, 3.8) is 0 Å². The summed E-state index contributed by atoms with van der Waals surface area (Å²) in [5.41, 5.74) is 5.10. The van der Waals surface area contributed by atoms with Gasteiger partial charge in [-0.05, 0) is 60.0 Å². The number of aryl methyl sites for hydroxylation is 1. The van der Waals surface area contributed by atoms with Crippen LogP contribution in [-0.2, 0) is 17.9 Å². The first-order valence-corrected chi connectivity index (χ1v) is 10.4. The number of hydrogen-bond acceptors (Lipinski definition) is 4. The van der Waals surface area contributed by atoms with Gasteiger partial charge in [-0.1, -0.05) is 40.2 Å². The van der Waals surface area contributed by atoms with Crippen molar-refractivity contribution >= 4 is 33.2 Å². The molecular formula is C24H25BrN2O3. The number of amides is 1. The first-order chi connectivity index (χ1) is 14.5. The van der Waals surface area contributed by atoms with Gasteiger partial charge in [0.2, 0.25) is 5.91 Å². The van der Waals surface area contributed by atoms with Crippen LogP contribution in [0.5, 0.6) is 11.5 Å². The summed E-state index contributed by atoms with van der Waals surface area (Å²) in [7, 11) is 1.64. The van der Waals surface area contributed by atoms with E-state index in [4.69, 9.17) is 9.47 Å². The van der Waals surface area contributed by atoms with Crippen LogP contribution in [0.15, 0.2) is 65.1 Å². The zero-order valence-electron chi connectivity index (χ0n) is 17.3. The van der Waals surface area contributed by atoms with Crippen LogP contribution in [0, 0.1) is 6.92 Å². The van der Waals surface area contributed by atoms with E-state index in [9.17, 15) is 4.79 Å². The van der Waals surface area contributed by atoms with Crippen LogP contribution in [0.4, 0.5) is 11.4 Å². The van der Waals surface area contributed by atoms with Crippen LogP contribution in [0.2, 0.25) is 0 Å². The van der Waals surface area contributed by atoms with E-state index in [2.05, 4.69) is 45.6 Å². The van der Waals surface area contributed by atoms with Crippen molar-refractivity contribution in [2.45, 2.75) is 27.0 Å². The second-order valence-electron chi connectivity index (χ2n) is 6.92. The average molecular weight is 469 g/mol. The first kappa shape index (κ1) is 21.7. The highest BCUT2D eigenvalue weighted by atomic mass is 79.9.